The van der Waals surface area contributed by atoms with E-state index in [-0.39, 0.29) is 35.7 Å². The van der Waals surface area contributed by atoms with Crippen LogP contribution in [0.5, 0.6) is 0 Å². The Morgan fingerprint density at radius 2 is 2.11 bits per heavy atom. The number of amides is 2. The third-order valence-corrected chi connectivity index (χ3v) is 6.60. The van der Waals surface area contributed by atoms with Crippen LogP contribution >= 0.6 is 11.3 Å². The maximum Gasteiger partial charge on any atom is 0.261 e. The fourth-order valence-electron chi connectivity index (χ4n) is 4.14. The first-order valence-electron chi connectivity index (χ1n) is 9.71. The first-order valence-corrected chi connectivity index (χ1v) is 10.6. The van der Waals surface area contributed by atoms with E-state index in [2.05, 4.69) is 17.6 Å². The molecule has 6 nitrogen and oxygen atoms in total. The number of hydrogen-bond donors (Lipinski definition) is 2. The van der Waals surface area contributed by atoms with E-state index in [4.69, 9.17) is 4.74 Å². The van der Waals surface area contributed by atoms with Crippen molar-refractivity contribution in [2.45, 2.75) is 70.6 Å². The van der Waals surface area contributed by atoms with Crippen molar-refractivity contribution in [2.75, 3.05) is 6.61 Å². The van der Waals surface area contributed by atoms with Gasteiger partial charge in [-0.25, -0.2) is 0 Å². The molecule has 0 bridgehead atoms. The molecule has 0 aromatic carbocycles. The van der Waals surface area contributed by atoms with E-state index in [0.717, 1.165) is 25.7 Å². The van der Waals surface area contributed by atoms with E-state index in [1.807, 2.05) is 18.4 Å². The van der Waals surface area contributed by atoms with Crippen molar-refractivity contribution in [1.82, 2.24) is 10.6 Å². The minimum Gasteiger partial charge on any atom is -0.368 e. The van der Waals surface area contributed by atoms with Crippen molar-refractivity contribution in [2.24, 2.45) is 5.41 Å². The van der Waals surface area contributed by atoms with Crippen LogP contribution in [0.1, 0.15) is 62.0 Å². The lowest BCUT2D eigenvalue weighted by Crippen LogP contribution is -2.54. The topological polar surface area (TPSA) is 84.5 Å². The van der Waals surface area contributed by atoms with Gasteiger partial charge in [-0.3, -0.25) is 14.4 Å². The molecule has 148 valence electrons. The highest BCUT2D eigenvalue weighted by Gasteiger charge is 2.39. The van der Waals surface area contributed by atoms with Gasteiger partial charge < -0.3 is 15.4 Å². The molecule has 0 unspecified atom stereocenters. The van der Waals surface area contributed by atoms with Gasteiger partial charge in [0.05, 0.1) is 11.0 Å². The van der Waals surface area contributed by atoms with Crippen molar-refractivity contribution in [3.05, 3.63) is 22.4 Å². The summed E-state index contributed by atoms with van der Waals surface area (Å²) in [5.41, 5.74) is 0.0328. The van der Waals surface area contributed by atoms with Crippen LogP contribution in [0.15, 0.2) is 17.5 Å². The van der Waals surface area contributed by atoms with E-state index in [0.29, 0.717) is 17.7 Å². The zero-order valence-electron chi connectivity index (χ0n) is 16.0. The normalized spacial score (nSPS) is 25.3. The summed E-state index contributed by atoms with van der Waals surface area (Å²) in [6.45, 7) is 4.14. The standard InChI is InChI=1S/C20H28N2O4S/c1-3-15-17(14(23)12-26-15)22-18(24)13(11-20(2)8-4-5-9-20)21-19(25)16-7-6-10-27-16/h6-7,10,13,15,17H,3-5,8-9,11-12H2,1-2H3,(H,21,25)(H,22,24)/t13-,15-,17+/m0/s1. The summed E-state index contributed by atoms with van der Waals surface area (Å²) in [5, 5.41) is 7.58. The SMILES string of the molecule is CC[C@@H]1OCC(=O)[C@H]1NC(=O)[C@H](CC1(C)CCCC1)NC(=O)c1cccs1. The molecule has 0 radical (unpaired) electrons. The van der Waals surface area contributed by atoms with Crippen LogP contribution in [0.4, 0.5) is 0 Å². The second-order valence-corrected chi connectivity index (χ2v) is 8.88. The maximum absolute atomic E-state index is 13.0. The summed E-state index contributed by atoms with van der Waals surface area (Å²) >= 11 is 1.35. The van der Waals surface area contributed by atoms with Gasteiger partial charge in [0.15, 0.2) is 5.78 Å². The summed E-state index contributed by atoms with van der Waals surface area (Å²) in [7, 11) is 0. The minimum atomic E-state index is -0.659. The number of carbonyl (C=O) groups excluding carboxylic acids is 3. The fourth-order valence-corrected chi connectivity index (χ4v) is 4.76. The second kappa shape index (κ2) is 8.52. The van der Waals surface area contributed by atoms with Crippen LogP contribution in [0.2, 0.25) is 0 Å². The Bertz CT molecular complexity index is 682. The van der Waals surface area contributed by atoms with Gasteiger partial charge in [0, 0.05) is 0 Å². The monoisotopic (exact) mass is 392 g/mol. The lowest BCUT2D eigenvalue weighted by atomic mass is 9.81. The molecule has 27 heavy (non-hydrogen) atoms. The van der Waals surface area contributed by atoms with Gasteiger partial charge in [-0.15, -0.1) is 11.3 Å². The van der Waals surface area contributed by atoms with Gasteiger partial charge in [0.25, 0.3) is 5.91 Å². The highest BCUT2D eigenvalue weighted by atomic mass is 32.1. The quantitative estimate of drug-likeness (QED) is 0.747. The van der Waals surface area contributed by atoms with E-state index < -0.39 is 12.1 Å². The Kier molecular flexibility index (Phi) is 6.32. The molecule has 0 spiro atoms. The average molecular weight is 393 g/mol. The molecule has 2 amide bonds. The van der Waals surface area contributed by atoms with Crippen LogP contribution in [0.3, 0.4) is 0 Å². The van der Waals surface area contributed by atoms with Gasteiger partial charge in [0.1, 0.15) is 18.7 Å². The second-order valence-electron chi connectivity index (χ2n) is 7.94. The highest BCUT2D eigenvalue weighted by molar-refractivity contribution is 7.12. The van der Waals surface area contributed by atoms with E-state index >= 15 is 0 Å². The first-order chi connectivity index (χ1) is 12.9. The van der Waals surface area contributed by atoms with Crippen molar-refractivity contribution in [1.29, 1.82) is 0 Å². The Hall–Kier alpha value is -1.73. The first kappa shape index (κ1) is 20.0. The molecular formula is C20H28N2O4S. The molecule has 1 aromatic rings. The van der Waals surface area contributed by atoms with Crippen LogP contribution < -0.4 is 10.6 Å². The molecule has 1 aliphatic carbocycles. The van der Waals surface area contributed by atoms with Crippen molar-refractivity contribution in [3.63, 3.8) is 0 Å². The Morgan fingerprint density at radius 3 is 2.74 bits per heavy atom. The Morgan fingerprint density at radius 1 is 1.37 bits per heavy atom. The molecule has 2 heterocycles. The number of thiophene rings is 1. The molecule has 1 aromatic heterocycles. The lowest BCUT2D eigenvalue weighted by Gasteiger charge is -2.30. The van der Waals surface area contributed by atoms with Gasteiger partial charge in [-0.1, -0.05) is 32.8 Å². The highest BCUT2D eigenvalue weighted by Crippen LogP contribution is 2.41. The van der Waals surface area contributed by atoms with Crippen LogP contribution in [0, 0.1) is 5.41 Å². The zero-order valence-corrected chi connectivity index (χ0v) is 16.8. The summed E-state index contributed by atoms with van der Waals surface area (Å²) in [6, 6.07) is 2.27. The number of ether oxygens (including phenoxy) is 1. The molecule has 2 aliphatic rings. The number of hydrogen-bond acceptors (Lipinski definition) is 5. The van der Waals surface area contributed by atoms with Crippen LogP contribution in [-0.2, 0) is 14.3 Å². The largest absolute Gasteiger partial charge is 0.368 e. The number of rotatable bonds is 7. The van der Waals surface area contributed by atoms with Crippen LogP contribution in [-0.4, -0.2) is 42.4 Å². The lowest BCUT2D eigenvalue weighted by molar-refractivity contribution is -0.128. The van der Waals surface area contributed by atoms with Gasteiger partial charge in [-0.05, 0) is 42.5 Å². The predicted octanol–water partition coefficient (Wildman–Crippen LogP) is 2.68. The van der Waals surface area contributed by atoms with Crippen molar-refractivity contribution in [3.8, 4) is 0 Å². The predicted molar refractivity (Wildman–Crippen MR) is 104 cm³/mol. The van der Waals surface area contributed by atoms with Gasteiger partial charge in [0.2, 0.25) is 5.91 Å². The molecule has 7 heteroatoms. The van der Waals surface area contributed by atoms with E-state index in [9.17, 15) is 14.4 Å². The zero-order chi connectivity index (χ0) is 19.4. The summed E-state index contributed by atoms with van der Waals surface area (Å²) < 4.78 is 5.45. The van der Waals surface area contributed by atoms with E-state index in [1.165, 1.54) is 11.3 Å². The van der Waals surface area contributed by atoms with Crippen molar-refractivity contribution < 1.29 is 19.1 Å². The smallest absolute Gasteiger partial charge is 0.261 e. The Labute approximate surface area is 164 Å². The summed E-state index contributed by atoms with van der Waals surface area (Å²) in [5.74, 6) is -0.645. The Balaban J connectivity index is 1.72. The molecule has 3 rings (SSSR count). The van der Waals surface area contributed by atoms with E-state index in [1.54, 1.807) is 6.07 Å². The molecule has 1 saturated carbocycles. The minimum absolute atomic E-state index is 0.0328. The van der Waals surface area contributed by atoms with Crippen molar-refractivity contribution >= 4 is 28.9 Å². The third-order valence-electron chi connectivity index (χ3n) is 5.73. The summed E-state index contributed by atoms with van der Waals surface area (Å²) in [4.78, 5) is 38.2. The fraction of sp³-hybridized carbons (Fsp3) is 0.650. The molecule has 2 N–H and O–H groups in total. The number of nitrogens with one attached hydrogen (secondary N) is 2. The maximum atomic E-state index is 13.0. The van der Waals surface area contributed by atoms with Gasteiger partial charge in [-0.2, -0.15) is 0 Å². The van der Waals surface area contributed by atoms with Gasteiger partial charge >= 0.3 is 0 Å². The molecule has 2 fully saturated rings. The number of ketones is 1. The number of Topliss-reactive ketones (excluding diaryl/α,β-unsaturated/α-hetero) is 1. The van der Waals surface area contributed by atoms with Crippen LogP contribution in [0.25, 0.3) is 0 Å². The molecule has 1 aliphatic heterocycles. The third kappa shape index (κ3) is 4.76. The molecular weight excluding hydrogens is 364 g/mol. The molecule has 1 saturated heterocycles. The number of carbonyl (C=O) groups is 3. The average Bonchev–Trinajstić information content (AvgIpc) is 3.37. The summed E-state index contributed by atoms with van der Waals surface area (Å²) in [6.07, 6.45) is 5.34. The molecule has 3 atom stereocenters.